The second kappa shape index (κ2) is 8.54. The maximum Gasteiger partial charge on any atom is 0.225 e. The van der Waals surface area contributed by atoms with Gasteiger partial charge in [-0.1, -0.05) is 29.8 Å². The third-order valence-corrected chi connectivity index (χ3v) is 5.27. The Morgan fingerprint density at radius 2 is 1.82 bits per heavy atom. The minimum absolute atomic E-state index is 0.802. The average Bonchev–Trinajstić information content (AvgIpc) is 3.27. The molecule has 0 unspecified atom stereocenters. The van der Waals surface area contributed by atoms with Gasteiger partial charge in [-0.2, -0.15) is 0 Å². The Morgan fingerprint density at radius 1 is 1.04 bits per heavy atom. The van der Waals surface area contributed by atoms with E-state index in [2.05, 4.69) is 46.3 Å². The molecule has 0 aliphatic carbocycles. The van der Waals surface area contributed by atoms with Crippen LogP contribution in [0.4, 0.5) is 5.95 Å². The van der Waals surface area contributed by atoms with Gasteiger partial charge in [-0.05, 0) is 20.0 Å². The molecule has 0 spiro atoms. The number of hydrogen-bond acceptors (Lipinski definition) is 6. The monoisotopic (exact) mass is 377 g/mol. The SMILES string of the molecule is CNCCN1CCN(c2ncc(-c3ccoc3)c(-c3ccc(C)cc3)n2)CC1. The molecular weight excluding hydrogens is 350 g/mol. The predicted octanol–water partition coefficient (Wildman–Crippen LogP) is 3.05. The summed E-state index contributed by atoms with van der Waals surface area (Å²) >= 11 is 0. The van der Waals surface area contributed by atoms with Crippen LogP contribution < -0.4 is 10.2 Å². The smallest absolute Gasteiger partial charge is 0.225 e. The summed E-state index contributed by atoms with van der Waals surface area (Å²) in [6.45, 7) is 8.17. The Kier molecular flexibility index (Phi) is 5.69. The standard InChI is InChI=1S/C22H27N5O/c1-17-3-5-18(6-4-17)21-20(19-7-14-28-16-19)15-24-22(25-21)27-12-10-26(11-13-27)9-8-23-2/h3-7,14-16,23H,8-13H2,1-2H3. The zero-order valence-corrected chi connectivity index (χ0v) is 16.6. The van der Waals surface area contributed by atoms with Crippen LogP contribution >= 0.6 is 0 Å². The number of rotatable bonds is 6. The van der Waals surface area contributed by atoms with Crippen LogP contribution in [-0.4, -0.2) is 61.2 Å². The van der Waals surface area contributed by atoms with E-state index < -0.39 is 0 Å². The van der Waals surface area contributed by atoms with E-state index in [1.165, 1.54) is 5.56 Å². The Bertz CT molecular complexity index is 884. The van der Waals surface area contributed by atoms with Crippen molar-refractivity contribution in [2.75, 3.05) is 51.2 Å². The van der Waals surface area contributed by atoms with Crippen molar-refractivity contribution in [1.82, 2.24) is 20.2 Å². The average molecular weight is 377 g/mol. The number of likely N-dealkylation sites (N-methyl/N-ethyl adjacent to an activating group) is 1. The van der Waals surface area contributed by atoms with Gasteiger partial charge in [0.05, 0.1) is 18.2 Å². The van der Waals surface area contributed by atoms with Crippen LogP contribution in [0.5, 0.6) is 0 Å². The van der Waals surface area contributed by atoms with E-state index in [9.17, 15) is 0 Å². The minimum Gasteiger partial charge on any atom is -0.472 e. The molecule has 4 rings (SSSR count). The van der Waals surface area contributed by atoms with E-state index in [1.54, 1.807) is 12.5 Å². The van der Waals surface area contributed by atoms with Crippen LogP contribution in [0.2, 0.25) is 0 Å². The topological polar surface area (TPSA) is 57.4 Å². The zero-order valence-electron chi connectivity index (χ0n) is 16.6. The van der Waals surface area contributed by atoms with Crippen molar-refractivity contribution in [1.29, 1.82) is 0 Å². The summed E-state index contributed by atoms with van der Waals surface area (Å²) < 4.78 is 5.29. The molecule has 1 aliphatic rings. The molecular formula is C22H27N5O. The highest BCUT2D eigenvalue weighted by Crippen LogP contribution is 2.32. The van der Waals surface area contributed by atoms with Crippen LogP contribution in [0.15, 0.2) is 53.5 Å². The summed E-state index contributed by atoms with van der Waals surface area (Å²) in [5.74, 6) is 0.802. The number of nitrogens with one attached hydrogen (secondary N) is 1. The third kappa shape index (κ3) is 4.08. The highest BCUT2D eigenvalue weighted by Gasteiger charge is 2.20. The van der Waals surface area contributed by atoms with Gasteiger partial charge in [0.2, 0.25) is 5.95 Å². The lowest BCUT2D eigenvalue weighted by atomic mass is 10.0. The number of aryl methyl sites for hydroxylation is 1. The van der Waals surface area contributed by atoms with Crippen molar-refractivity contribution in [3.63, 3.8) is 0 Å². The minimum atomic E-state index is 0.802. The normalized spacial score (nSPS) is 15.1. The summed E-state index contributed by atoms with van der Waals surface area (Å²) in [5.41, 5.74) is 5.27. The highest BCUT2D eigenvalue weighted by molar-refractivity contribution is 5.80. The van der Waals surface area contributed by atoms with E-state index in [0.717, 1.165) is 67.6 Å². The first-order valence-corrected chi connectivity index (χ1v) is 9.83. The highest BCUT2D eigenvalue weighted by atomic mass is 16.3. The van der Waals surface area contributed by atoms with E-state index >= 15 is 0 Å². The lowest BCUT2D eigenvalue weighted by Crippen LogP contribution is -2.48. The molecule has 1 aromatic carbocycles. The van der Waals surface area contributed by atoms with Crippen molar-refractivity contribution >= 4 is 5.95 Å². The first-order chi connectivity index (χ1) is 13.7. The van der Waals surface area contributed by atoms with Crippen molar-refractivity contribution in [3.05, 3.63) is 54.6 Å². The van der Waals surface area contributed by atoms with Crippen LogP contribution in [0.3, 0.4) is 0 Å². The fourth-order valence-electron chi connectivity index (χ4n) is 3.53. The number of benzene rings is 1. The lowest BCUT2D eigenvalue weighted by Gasteiger charge is -2.34. The Labute approximate surface area is 166 Å². The summed E-state index contributed by atoms with van der Waals surface area (Å²) in [5, 5.41) is 3.22. The molecule has 146 valence electrons. The van der Waals surface area contributed by atoms with Gasteiger partial charge in [0.25, 0.3) is 0 Å². The van der Waals surface area contributed by atoms with E-state index in [4.69, 9.17) is 14.4 Å². The molecule has 3 aromatic rings. The largest absolute Gasteiger partial charge is 0.472 e. The van der Waals surface area contributed by atoms with Gasteiger partial charge in [-0.15, -0.1) is 0 Å². The molecule has 0 saturated carbocycles. The van der Waals surface area contributed by atoms with E-state index in [0.29, 0.717) is 0 Å². The summed E-state index contributed by atoms with van der Waals surface area (Å²) in [4.78, 5) is 14.4. The molecule has 1 N–H and O–H groups in total. The van der Waals surface area contributed by atoms with Crippen LogP contribution in [0.1, 0.15) is 5.56 Å². The van der Waals surface area contributed by atoms with Crippen LogP contribution in [0.25, 0.3) is 22.4 Å². The number of anilines is 1. The van der Waals surface area contributed by atoms with Gasteiger partial charge in [0.1, 0.15) is 0 Å². The summed E-state index contributed by atoms with van der Waals surface area (Å²) in [7, 11) is 2.00. The van der Waals surface area contributed by atoms with Gasteiger partial charge in [0.15, 0.2) is 0 Å². The molecule has 6 nitrogen and oxygen atoms in total. The van der Waals surface area contributed by atoms with Gasteiger partial charge >= 0.3 is 0 Å². The fourth-order valence-corrected chi connectivity index (χ4v) is 3.53. The second-order valence-electron chi connectivity index (χ2n) is 7.24. The quantitative estimate of drug-likeness (QED) is 0.713. The molecule has 1 aliphatic heterocycles. The molecule has 1 saturated heterocycles. The van der Waals surface area contributed by atoms with Crippen molar-refractivity contribution in [2.45, 2.75) is 6.92 Å². The molecule has 0 atom stereocenters. The van der Waals surface area contributed by atoms with Gasteiger partial charge in [-0.25, -0.2) is 9.97 Å². The number of furan rings is 1. The van der Waals surface area contributed by atoms with Gasteiger partial charge in [0, 0.05) is 62.2 Å². The molecule has 28 heavy (non-hydrogen) atoms. The van der Waals surface area contributed by atoms with E-state index in [-0.39, 0.29) is 0 Å². The van der Waals surface area contributed by atoms with Crippen molar-refractivity contribution in [2.24, 2.45) is 0 Å². The fraction of sp³-hybridized carbons (Fsp3) is 0.364. The molecule has 6 heteroatoms. The Morgan fingerprint density at radius 3 is 2.50 bits per heavy atom. The molecule has 0 bridgehead atoms. The Hall–Kier alpha value is -2.70. The van der Waals surface area contributed by atoms with Crippen LogP contribution in [-0.2, 0) is 0 Å². The van der Waals surface area contributed by atoms with Crippen molar-refractivity contribution < 1.29 is 4.42 Å². The van der Waals surface area contributed by atoms with E-state index in [1.807, 2.05) is 19.3 Å². The predicted molar refractivity (Wildman–Crippen MR) is 112 cm³/mol. The van der Waals surface area contributed by atoms with Crippen molar-refractivity contribution in [3.8, 4) is 22.4 Å². The first kappa shape index (κ1) is 18.7. The zero-order chi connectivity index (χ0) is 19.3. The lowest BCUT2D eigenvalue weighted by molar-refractivity contribution is 0.258. The molecule has 0 radical (unpaired) electrons. The summed E-state index contributed by atoms with van der Waals surface area (Å²) in [6.07, 6.45) is 5.36. The number of piperazine rings is 1. The third-order valence-electron chi connectivity index (χ3n) is 5.27. The van der Waals surface area contributed by atoms with Crippen LogP contribution in [0, 0.1) is 6.92 Å². The number of aromatic nitrogens is 2. The number of hydrogen-bond donors (Lipinski definition) is 1. The first-order valence-electron chi connectivity index (χ1n) is 9.83. The maximum atomic E-state index is 5.29. The molecule has 3 heterocycles. The second-order valence-corrected chi connectivity index (χ2v) is 7.24. The Balaban J connectivity index is 1.62. The molecule has 2 aromatic heterocycles. The number of nitrogens with zero attached hydrogens (tertiary/aromatic N) is 4. The van der Waals surface area contributed by atoms with Gasteiger partial charge < -0.3 is 14.6 Å². The summed E-state index contributed by atoms with van der Waals surface area (Å²) in [6, 6.07) is 10.5. The molecule has 1 fully saturated rings. The van der Waals surface area contributed by atoms with Gasteiger partial charge in [-0.3, -0.25) is 4.90 Å². The maximum absolute atomic E-state index is 5.29. The molecule has 0 amide bonds.